The Balaban J connectivity index is 1.83. The van der Waals surface area contributed by atoms with Crippen molar-refractivity contribution in [3.05, 3.63) is 65.2 Å². The van der Waals surface area contributed by atoms with E-state index in [1.54, 1.807) is 0 Å². The van der Waals surface area contributed by atoms with Crippen LogP contribution in [0.5, 0.6) is 0 Å². The zero-order valence-electron chi connectivity index (χ0n) is 14.7. The molecule has 23 heavy (non-hydrogen) atoms. The molecule has 0 radical (unpaired) electrons. The molecule has 2 N–H and O–H groups in total. The molecule has 124 valence electrons. The number of benzene rings is 2. The zero-order chi connectivity index (χ0) is 16.5. The zero-order valence-corrected chi connectivity index (χ0v) is 14.7. The number of rotatable bonds is 9. The molecule has 1 atom stereocenters. The maximum absolute atomic E-state index is 5.77. The molecule has 2 rings (SSSR count). The smallest absolute Gasteiger partial charge is 0.0314 e. The summed E-state index contributed by atoms with van der Waals surface area (Å²) in [5.74, 6) is 0.415. The Morgan fingerprint density at radius 2 is 1.26 bits per heavy atom. The van der Waals surface area contributed by atoms with Crippen molar-refractivity contribution in [2.45, 2.75) is 64.7 Å². The van der Waals surface area contributed by atoms with Gasteiger partial charge >= 0.3 is 0 Å². The lowest BCUT2D eigenvalue weighted by Gasteiger charge is -2.13. The van der Waals surface area contributed by atoms with E-state index < -0.39 is 0 Å². The summed E-state index contributed by atoms with van der Waals surface area (Å²) in [6.07, 6.45) is 9.39. The first-order valence-corrected chi connectivity index (χ1v) is 9.15. The minimum atomic E-state index is 0.415. The molecule has 0 aliphatic carbocycles. The van der Waals surface area contributed by atoms with Gasteiger partial charge in [0.25, 0.3) is 0 Å². The predicted molar refractivity (Wildman–Crippen MR) is 102 cm³/mol. The van der Waals surface area contributed by atoms with Gasteiger partial charge in [-0.25, -0.2) is 0 Å². The van der Waals surface area contributed by atoms with Crippen molar-refractivity contribution in [3.8, 4) is 0 Å². The summed E-state index contributed by atoms with van der Waals surface area (Å²) in [5, 5.41) is 0. The lowest BCUT2D eigenvalue weighted by atomic mass is 9.92. The van der Waals surface area contributed by atoms with E-state index in [9.17, 15) is 0 Å². The summed E-state index contributed by atoms with van der Waals surface area (Å²) < 4.78 is 0. The van der Waals surface area contributed by atoms with Crippen LogP contribution in [0.25, 0.3) is 0 Å². The van der Waals surface area contributed by atoms with Crippen LogP contribution in [0.4, 0.5) is 5.69 Å². The Kier molecular flexibility index (Phi) is 7.19. The molecule has 1 heteroatoms. The molecule has 0 saturated heterocycles. The van der Waals surface area contributed by atoms with Crippen LogP contribution in [0.1, 0.15) is 75.0 Å². The second-order valence-electron chi connectivity index (χ2n) is 6.65. The van der Waals surface area contributed by atoms with Gasteiger partial charge in [-0.3, -0.25) is 0 Å². The lowest BCUT2D eigenvalue weighted by molar-refractivity contribution is 0.607. The summed E-state index contributed by atoms with van der Waals surface area (Å²) >= 11 is 0. The normalized spacial score (nSPS) is 12.3. The number of nitrogens with two attached hydrogens (primary N) is 1. The van der Waals surface area contributed by atoms with E-state index in [1.807, 2.05) is 12.1 Å². The van der Waals surface area contributed by atoms with E-state index in [1.165, 1.54) is 61.6 Å². The molecule has 1 nitrogen and oxygen atoms in total. The molecule has 0 saturated carbocycles. The molecule has 0 amide bonds. The first kappa shape index (κ1) is 17.6. The maximum Gasteiger partial charge on any atom is 0.0314 e. The fourth-order valence-corrected chi connectivity index (χ4v) is 3.06. The lowest BCUT2D eigenvalue weighted by Crippen LogP contribution is -1.97. The Bertz CT molecular complexity index is 554. The van der Waals surface area contributed by atoms with Gasteiger partial charge in [0.15, 0.2) is 0 Å². The standard InChI is InChI=1S/C22H31N/c1-3-4-5-6-7-8-9-19-10-12-20(13-11-19)18(2)21-14-16-22(23)17-15-21/h10-18H,3-9,23H2,1-2H3. The van der Waals surface area contributed by atoms with E-state index in [4.69, 9.17) is 5.73 Å². The number of hydrogen-bond acceptors (Lipinski definition) is 1. The van der Waals surface area contributed by atoms with Crippen molar-refractivity contribution in [3.63, 3.8) is 0 Å². The molecule has 0 aliphatic heterocycles. The maximum atomic E-state index is 5.77. The largest absolute Gasteiger partial charge is 0.399 e. The average molecular weight is 309 g/mol. The van der Waals surface area contributed by atoms with E-state index in [0.717, 1.165) is 5.69 Å². The number of hydrogen-bond donors (Lipinski definition) is 1. The number of unbranched alkanes of at least 4 members (excludes halogenated alkanes) is 5. The number of anilines is 1. The van der Waals surface area contributed by atoms with Crippen molar-refractivity contribution < 1.29 is 0 Å². The van der Waals surface area contributed by atoms with E-state index in [0.29, 0.717) is 5.92 Å². The molecule has 0 spiro atoms. The fraction of sp³-hybridized carbons (Fsp3) is 0.455. The topological polar surface area (TPSA) is 26.0 Å². The quantitative estimate of drug-likeness (QED) is 0.425. The number of aryl methyl sites for hydroxylation is 1. The van der Waals surface area contributed by atoms with Gasteiger partial charge in [-0.2, -0.15) is 0 Å². The molecule has 0 bridgehead atoms. The van der Waals surface area contributed by atoms with Gasteiger partial charge < -0.3 is 5.73 Å². The van der Waals surface area contributed by atoms with Crippen molar-refractivity contribution in [1.29, 1.82) is 0 Å². The minimum absolute atomic E-state index is 0.415. The molecule has 0 aromatic heterocycles. The van der Waals surface area contributed by atoms with Crippen LogP contribution in [-0.2, 0) is 6.42 Å². The molecular formula is C22H31N. The van der Waals surface area contributed by atoms with Crippen LogP contribution >= 0.6 is 0 Å². The predicted octanol–water partition coefficient (Wildman–Crippen LogP) is 6.32. The summed E-state index contributed by atoms with van der Waals surface area (Å²) in [6, 6.07) is 17.4. The van der Waals surface area contributed by atoms with Gasteiger partial charge in [0.1, 0.15) is 0 Å². The highest BCUT2D eigenvalue weighted by molar-refractivity contribution is 5.42. The SMILES string of the molecule is CCCCCCCCc1ccc(C(C)c2ccc(N)cc2)cc1. The van der Waals surface area contributed by atoms with Crippen LogP contribution in [0, 0.1) is 0 Å². The molecule has 1 unspecified atom stereocenters. The van der Waals surface area contributed by atoms with Crippen LogP contribution in [0.2, 0.25) is 0 Å². The Morgan fingerprint density at radius 1 is 0.739 bits per heavy atom. The first-order chi connectivity index (χ1) is 11.2. The highest BCUT2D eigenvalue weighted by Gasteiger charge is 2.08. The monoisotopic (exact) mass is 309 g/mol. The van der Waals surface area contributed by atoms with Crippen LogP contribution in [0.15, 0.2) is 48.5 Å². The van der Waals surface area contributed by atoms with Crippen molar-refractivity contribution >= 4 is 5.69 Å². The third-order valence-electron chi connectivity index (χ3n) is 4.74. The van der Waals surface area contributed by atoms with Gasteiger partial charge in [0, 0.05) is 11.6 Å². The third kappa shape index (κ3) is 5.74. The highest BCUT2D eigenvalue weighted by atomic mass is 14.5. The van der Waals surface area contributed by atoms with Crippen LogP contribution < -0.4 is 5.73 Å². The van der Waals surface area contributed by atoms with Crippen molar-refractivity contribution in [2.24, 2.45) is 0 Å². The van der Waals surface area contributed by atoms with Gasteiger partial charge in [0.05, 0.1) is 0 Å². The Hall–Kier alpha value is -1.76. The summed E-state index contributed by atoms with van der Waals surface area (Å²) in [7, 11) is 0. The minimum Gasteiger partial charge on any atom is -0.399 e. The van der Waals surface area contributed by atoms with E-state index in [-0.39, 0.29) is 0 Å². The molecule has 0 fully saturated rings. The Labute approximate surface area is 141 Å². The van der Waals surface area contributed by atoms with E-state index in [2.05, 4.69) is 50.2 Å². The van der Waals surface area contributed by atoms with Gasteiger partial charge in [-0.15, -0.1) is 0 Å². The van der Waals surface area contributed by atoms with Crippen LogP contribution in [0.3, 0.4) is 0 Å². The second-order valence-corrected chi connectivity index (χ2v) is 6.65. The summed E-state index contributed by atoms with van der Waals surface area (Å²) in [4.78, 5) is 0. The van der Waals surface area contributed by atoms with Crippen LogP contribution in [-0.4, -0.2) is 0 Å². The highest BCUT2D eigenvalue weighted by Crippen LogP contribution is 2.25. The molecule has 0 aliphatic rings. The molecule has 0 heterocycles. The van der Waals surface area contributed by atoms with Crippen molar-refractivity contribution in [2.75, 3.05) is 5.73 Å². The molecule has 2 aromatic rings. The van der Waals surface area contributed by atoms with Gasteiger partial charge in [0.2, 0.25) is 0 Å². The third-order valence-corrected chi connectivity index (χ3v) is 4.74. The molecular weight excluding hydrogens is 278 g/mol. The van der Waals surface area contributed by atoms with Gasteiger partial charge in [-0.1, -0.05) is 82.3 Å². The van der Waals surface area contributed by atoms with Gasteiger partial charge in [-0.05, 0) is 41.7 Å². The fourth-order valence-electron chi connectivity index (χ4n) is 3.06. The average Bonchev–Trinajstić information content (AvgIpc) is 2.58. The Morgan fingerprint density at radius 3 is 1.87 bits per heavy atom. The summed E-state index contributed by atoms with van der Waals surface area (Å²) in [5.41, 5.74) is 10.8. The molecule has 2 aromatic carbocycles. The number of nitrogen functional groups attached to an aromatic ring is 1. The van der Waals surface area contributed by atoms with Crippen molar-refractivity contribution in [1.82, 2.24) is 0 Å². The van der Waals surface area contributed by atoms with E-state index >= 15 is 0 Å². The summed E-state index contributed by atoms with van der Waals surface area (Å²) in [6.45, 7) is 4.53. The second kappa shape index (κ2) is 9.39. The first-order valence-electron chi connectivity index (χ1n) is 9.15.